The number of aryl methyl sites for hydroxylation is 2. The van der Waals surface area contributed by atoms with E-state index in [9.17, 15) is 58.0 Å². The van der Waals surface area contributed by atoms with Gasteiger partial charge in [0.1, 0.15) is 18.1 Å². The zero-order valence-electron chi connectivity index (χ0n) is 39.9. The third kappa shape index (κ3) is 25.0. The largest absolute Gasteiger partial charge is 0.481 e. The molecule has 0 saturated carbocycles. The monoisotopic (exact) mass is 1040 g/mol. The Morgan fingerprint density at radius 1 is 0.528 bits per heavy atom. The Morgan fingerprint density at radius 3 is 1.54 bits per heavy atom. The minimum absolute atomic E-state index is 0.0635. The Morgan fingerprint density at radius 2 is 0.986 bits per heavy atom. The van der Waals surface area contributed by atoms with Crippen molar-refractivity contribution in [3.05, 3.63) is 65.2 Å². The van der Waals surface area contributed by atoms with Gasteiger partial charge in [-0.2, -0.15) is 0 Å². The van der Waals surface area contributed by atoms with E-state index in [1.165, 1.54) is 5.56 Å². The molecule has 72 heavy (non-hydrogen) atoms. The summed E-state index contributed by atoms with van der Waals surface area (Å²) in [7, 11) is -4.85. The minimum atomic E-state index is -4.85. The Hall–Kier alpha value is -5.89. The molecule has 2 unspecified atom stereocenters. The second-order valence-corrected chi connectivity index (χ2v) is 17.6. The first kappa shape index (κ1) is 60.4. The van der Waals surface area contributed by atoms with Crippen LogP contribution >= 0.6 is 7.75 Å². The second kappa shape index (κ2) is 33.7. The molecule has 4 atom stereocenters. The molecule has 26 heteroatoms. The van der Waals surface area contributed by atoms with Crippen LogP contribution in [0.4, 0.5) is 5.69 Å². The highest BCUT2D eigenvalue weighted by atomic mass is 31.2. The zero-order valence-corrected chi connectivity index (χ0v) is 40.8. The topological polar surface area (TPSA) is 362 Å². The second-order valence-electron chi connectivity index (χ2n) is 16.1. The van der Waals surface area contributed by atoms with Gasteiger partial charge in [0.25, 0.3) is 0 Å². The summed E-state index contributed by atoms with van der Waals surface area (Å²) in [5.41, 5.74) is 4.37. The predicted octanol–water partition coefficient (Wildman–Crippen LogP) is 1.02. The average molecular weight is 1040 g/mol. The van der Waals surface area contributed by atoms with Crippen molar-refractivity contribution in [1.29, 1.82) is 0 Å². The Kier molecular flexibility index (Phi) is 28.3. The van der Waals surface area contributed by atoms with Crippen molar-refractivity contribution in [2.24, 2.45) is 0 Å². The van der Waals surface area contributed by atoms with Crippen molar-refractivity contribution in [2.45, 2.75) is 88.9 Å². The molecule has 0 fully saturated rings. The summed E-state index contributed by atoms with van der Waals surface area (Å²) >= 11 is 0. The number of carboxylic acid groups (broad SMARTS) is 4. The van der Waals surface area contributed by atoms with Crippen LogP contribution in [0.5, 0.6) is 0 Å². The maximum absolute atomic E-state index is 13.4. The third-order valence-electron chi connectivity index (χ3n) is 10.7. The number of benzene rings is 2. The number of hydrogen-bond acceptors (Lipinski definition) is 15. The molecule has 9 N–H and O–H groups in total. The number of fused-ring (bicyclic) bond motifs is 2. The number of aliphatic carboxylic acids is 4. The van der Waals surface area contributed by atoms with Crippen LogP contribution in [-0.4, -0.2) is 170 Å². The molecule has 0 spiro atoms. The normalized spacial score (nSPS) is 14.2. The van der Waals surface area contributed by atoms with Gasteiger partial charge in [-0.1, -0.05) is 42.5 Å². The fourth-order valence-electron chi connectivity index (χ4n) is 6.89. The molecule has 0 aliphatic carbocycles. The summed E-state index contributed by atoms with van der Waals surface area (Å²) in [5, 5.41) is 45.8. The number of carboxylic acids is 4. The van der Waals surface area contributed by atoms with Crippen LogP contribution in [0.15, 0.2) is 48.5 Å². The third-order valence-corrected chi connectivity index (χ3v) is 11.8. The number of ether oxygens (including phenoxy) is 5. The highest BCUT2D eigenvalue weighted by molar-refractivity contribution is 7.50. The first-order valence-corrected chi connectivity index (χ1v) is 24.9. The molecule has 2 aromatic carbocycles. The van der Waals surface area contributed by atoms with E-state index in [1.54, 1.807) is 5.09 Å². The zero-order chi connectivity index (χ0) is 52.7. The molecule has 400 valence electrons. The summed E-state index contributed by atoms with van der Waals surface area (Å²) in [6.07, 6.45) is -0.879. The number of carbonyl (C=O) groups excluding carboxylic acids is 4. The van der Waals surface area contributed by atoms with Gasteiger partial charge in [0, 0.05) is 50.8 Å². The van der Waals surface area contributed by atoms with Crippen molar-refractivity contribution in [3.8, 4) is 0 Å². The van der Waals surface area contributed by atoms with Crippen molar-refractivity contribution in [1.82, 2.24) is 21.0 Å². The minimum Gasteiger partial charge on any atom is -0.481 e. The van der Waals surface area contributed by atoms with Gasteiger partial charge in [-0.05, 0) is 48.4 Å². The molecule has 2 aromatic rings. The molecule has 25 nitrogen and oxygen atoms in total. The van der Waals surface area contributed by atoms with Crippen molar-refractivity contribution >= 4 is 60.9 Å². The van der Waals surface area contributed by atoms with E-state index < -0.39 is 100 Å². The van der Waals surface area contributed by atoms with Crippen LogP contribution in [0.3, 0.4) is 0 Å². The molecule has 0 saturated heterocycles. The number of nitrogens with zero attached hydrogens (tertiary/aromatic N) is 1. The summed E-state index contributed by atoms with van der Waals surface area (Å²) in [6.45, 7) is 2.11. The van der Waals surface area contributed by atoms with Gasteiger partial charge in [-0.15, -0.1) is 0 Å². The number of anilines is 1. The lowest BCUT2D eigenvalue weighted by Crippen LogP contribution is -2.44. The molecule has 1 heterocycles. The molecule has 4 amide bonds. The fourth-order valence-corrected chi connectivity index (χ4v) is 7.96. The van der Waals surface area contributed by atoms with Gasteiger partial charge in [-0.3, -0.25) is 33.3 Å². The van der Waals surface area contributed by atoms with Crippen LogP contribution in [0.2, 0.25) is 0 Å². The van der Waals surface area contributed by atoms with Crippen LogP contribution < -0.4 is 25.9 Å². The molecule has 1 aliphatic heterocycles. The van der Waals surface area contributed by atoms with E-state index in [4.69, 9.17) is 33.9 Å². The summed E-state index contributed by atoms with van der Waals surface area (Å²) in [4.78, 5) is 107. The standard InChI is InChI=1S/C46H66N5O20P/c52-39(47-19-15-42(55)51-31-34-7-2-1-5-32(34)9-10-33-6-3-4-8-38(33)51)17-20-66-23-25-68-27-29-70-30-28-69-26-24-67-21-18-41(54)48-35(44(58)59)11-13-40(53)49-36(45(60)61)16-22-71-72(64,65)50-37(46(62)63)12-14-43(56)57/h1-8,35-37H,9-31H2,(H,47,52)(H,48,54)(H,49,53)(H,56,57)(H,58,59)(H,60,61)(H,62,63)(H2,50,64,65)/t35-,36+,37?/m1/s1. The Balaban J connectivity index is 1.14. The van der Waals surface area contributed by atoms with Crippen molar-refractivity contribution in [2.75, 3.05) is 84.1 Å². The van der Waals surface area contributed by atoms with Gasteiger partial charge < -0.3 is 69.9 Å². The van der Waals surface area contributed by atoms with E-state index in [0.29, 0.717) is 26.4 Å². The molecule has 1 aliphatic rings. The first-order chi connectivity index (χ1) is 34.5. The molecule has 0 radical (unpaired) electrons. The number of nitrogens with one attached hydrogen (secondary N) is 4. The van der Waals surface area contributed by atoms with Gasteiger partial charge in [0.15, 0.2) is 0 Å². The number of para-hydroxylation sites is 1. The Labute approximate surface area is 415 Å². The van der Waals surface area contributed by atoms with Gasteiger partial charge >= 0.3 is 31.6 Å². The van der Waals surface area contributed by atoms with E-state index >= 15 is 0 Å². The smallest absolute Gasteiger partial charge is 0.403 e. The number of rotatable bonds is 38. The van der Waals surface area contributed by atoms with E-state index in [0.717, 1.165) is 29.7 Å². The maximum Gasteiger partial charge on any atom is 0.403 e. The molecule has 0 aromatic heterocycles. The molecular formula is C46H66N5O20P. The van der Waals surface area contributed by atoms with Crippen LogP contribution in [0, 0.1) is 0 Å². The van der Waals surface area contributed by atoms with E-state index in [2.05, 4.69) is 38.7 Å². The van der Waals surface area contributed by atoms with Crippen molar-refractivity contribution in [3.63, 3.8) is 0 Å². The van der Waals surface area contributed by atoms with E-state index in [-0.39, 0.29) is 83.9 Å². The predicted molar refractivity (Wildman–Crippen MR) is 253 cm³/mol. The van der Waals surface area contributed by atoms with Crippen LogP contribution in [-0.2, 0) is 90.5 Å². The lowest BCUT2D eigenvalue weighted by atomic mass is 9.95. The maximum atomic E-state index is 13.4. The SMILES string of the molecule is O=C(O)CCC(NP(=O)(O)OCC[C@H](NC(=O)CC[C@@H](NC(=O)CCOCCOCCOCCOCCOCCC(=O)NCCC(=O)N1Cc2ccccc2CCc2ccccc21)C(=O)O)C(=O)O)C(=O)O. The van der Waals surface area contributed by atoms with Crippen molar-refractivity contribution < 1.29 is 96.4 Å². The highest BCUT2D eigenvalue weighted by Crippen LogP contribution is 2.38. The summed E-state index contributed by atoms with van der Waals surface area (Å²) in [5.74, 6) is -7.90. The van der Waals surface area contributed by atoms with Gasteiger partial charge in [-0.25, -0.2) is 19.2 Å². The number of amides is 4. The van der Waals surface area contributed by atoms with E-state index in [1.807, 2.05) is 35.2 Å². The average Bonchev–Trinajstić information content (AvgIpc) is 3.32. The lowest BCUT2D eigenvalue weighted by Gasteiger charge is -2.29. The number of hydrogen-bond donors (Lipinski definition) is 9. The summed E-state index contributed by atoms with van der Waals surface area (Å²) < 4.78 is 44.1. The fraction of sp³-hybridized carbons (Fsp3) is 0.565. The lowest BCUT2D eigenvalue weighted by molar-refractivity contribution is -0.143. The molecule has 0 bridgehead atoms. The Bertz CT molecular complexity index is 2130. The van der Waals surface area contributed by atoms with Gasteiger partial charge in [0.2, 0.25) is 23.6 Å². The quantitative estimate of drug-likeness (QED) is 0.0335. The number of carbonyl (C=O) groups is 8. The van der Waals surface area contributed by atoms with Gasteiger partial charge in [0.05, 0.1) is 79.2 Å². The molecule has 3 rings (SSSR count). The van der Waals surface area contributed by atoms with Crippen LogP contribution in [0.25, 0.3) is 0 Å². The summed E-state index contributed by atoms with van der Waals surface area (Å²) in [6, 6.07) is 11.1. The first-order valence-electron chi connectivity index (χ1n) is 23.3. The highest BCUT2D eigenvalue weighted by Gasteiger charge is 2.31. The molecular weight excluding hydrogens is 973 g/mol. The van der Waals surface area contributed by atoms with Crippen LogP contribution in [0.1, 0.15) is 68.1 Å².